The molecule has 4 bridgehead atoms. The summed E-state index contributed by atoms with van der Waals surface area (Å²) >= 11 is 0. The van der Waals surface area contributed by atoms with E-state index in [1.54, 1.807) is 12.4 Å². The average Bonchev–Trinajstić information content (AvgIpc) is 3.34. The predicted molar refractivity (Wildman–Crippen MR) is 104 cm³/mol. The van der Waals surface area contributed by atoms with Crippen LogP contribution in [0.3, 0.4) is 0 Å². The number of piperidine rings is 1. The Kier molecular flexibility index (Phi) is 3.81. The number of ether oxygens (including phenoxy) is 1. The highest BCUT2D eigenvalue weighted by atomic mass is 16.5. The lowest BCUT2D eigenvalue weighted by atomic mass is 9.83. The van der Waals surface area contributed by atoms with E-state index in [4.69, 9.17) is 4.74 Å². The molecule has 4 aliphatic rings. The van der Waals surface area contributed by atoms with Crippen molar-refractivity contribution >= 4 is 5.82 Å². The van der Waals surface area contributed by atoms with Crippen LogP contribution in [-0.4, -0.2) is 57.8 Å². The number of hydrogen-bond acceptors (Lipinski definition) is 6. The van der Waals surface area contributed by atoms with Crippen LogP contribution in [0.5, 0.6) is 0 Å². The Balaban J connectivity index is 1.27. The van der Waals surface area contributed by atoms with Crippen LogP contribution in [0.25, 0.3) is 0 Å². The molecule has 0 N–H and O–H groups in total. The number of fused-ring (bicyclic) bond motifs is 6. The van der Waals surface area contributed by atoms with Gasteiger partial charge in [0.25, 0.3) is 5.56 Å². The Morgan fingerprint density at radius 3 is 2.86 bits per heavy atom. The average molecular weight is 379 g/mol. The van der Waals surface area contributed by atoms with Crippen LogP contribution >= 0.6 is 0 Å². The number of morpholine rings is 1. The first-order chi connectivity index (χ1) is 13.7. The summed E-state index contributed by atoms with van der Waals surface area (Å²) in [6.07, 6.45) is 7.95. The first-order valence-corrected chi connectivity index (χ1v) is 10.3. The summed E-state index contributed by atoms with van der Waals surface area (Å²) in [5.74, 6) is 1.81. The quantitative estimate of drug-likeness (QED) is 0.800. The lowest BCUT2D eigenvalue weighted by Crippen LogP contribution is -2.48. The Labute approximate surface area is 164 Å². The van der Waals surface area contributed by atoms with Crippen molar-refractivity contribution in [2.24, 2.45) is 5.92 Å². The highest BCUT2D eigenvalue weighted by molar-refractivity contribution is 5.38. The summed E-state index contributed by atoms with van der Waals surface area (Å²) in [7, 11) is 0. The van der Waals surface area contributed by atoms with Crippen molar-refractivity contribution in [1.29, 1.82) is 0 Å². The molecule has 7 heteroatoms. The Morgan fingerprint density at radius 2 is 2.07 bits per heavy atom. The molecule has 4 atom stereocenters. The normalized spacial score (nSPS) is 31.2. The zero-order valence-electron chi connectivity index (χ0n) is 15.9. The number of hydrogen-bond donors (Lipinski definition) is 0. The first-order valence-electron chi connectivity index (χ1n) is 10.3. The summed E-state index contributed by atoms with van der Waals surface area (Å²) in [6.45, 7) is 5.19. The number of nitrogens with zero attached hydrogens (tertiary/aromatic N) is 5. The predicted octanol–water partition coefficient (Wildman–Crippen LogP) is 1.24. The van der Waals surface area contributed by atoms with E-state index in [9.17, 15) is 4.79 Å². The van der Waals surface area contributed by atoms with Gasteiger partial charge in [-0.3, -0.25) is 14.7 Å². The molecule has 0 saturated carbocycles. The molecule has 0 amide bonds. The van der Waals surface area contributed by atoms with Gasteiger partial charge in [-0.25, -0.2) is 4.98 Å². The van der Waals surface area contributed by atoms with E-state index in [0.717, 1.165) is 63.6 Å². The van der Waals surface area contributed by atoms with Crippen LogP contribution in [-0.2, 0) is 17.8 Å². The van der Waals surface area contributed by atoms with Crippen LogP contribution in [0.15, 0.2) is 35.5 Å². The zero-order valence-corrected chi connectivity index (χ0v) is 15.9. The summed E-state index contributed by atoms with van der Waals surface area (Å²) in [6, 6.07) is 4.76. The molecule has 28 heavy (non-hydrogen) atoms. The summed E-state index contributed by atoms with van der Waals surface area (Å²) in [5, 5.41) is 0. The standard InChI is InChI=1S/C21H25N5O2/c27-21-15(10-24-12-18-6-17(24)13-28-18)1-2-19-16-5-14(9-26(19)21)8-25(11-16)20-7-22-3-4-23-20/h1-4,7,14,16-18H,5-6,8-13H2/t14-,16+,17+,18+/m0/s1. The van der Waals surface area contributed by atoms with Gasteiger partial charge in [0.05, 0.1) is 18.9 Å². The number of pyridine rings is 1. The topological polar surface area (TPSA) is 63.5 Å². The minimum Gasteiger partial charge on any atom is -0.375 e. The van der Waals surface area contributed by atoms with Gasteiger partial charge in [-0.2, -0.15) is 0 Å². The van der Waals surface area contributed by atoms with Crippen LogP contribution < -0.4 is 10.5 Å². The van der Waals surface area contributed by atoms with Gasteiger partial charge in [0, 0.05) is 68.3 Å². The molecular weight excluding hydrogens is 354 g/mol. The van der Waals surface area contributed by atoms with Crippen molar-refractivity contribution in [3.63, 3.8) is 0 Å². The molecule has 0 aromatic carbocycles. The third-order valence-electron chi connectivity index (χ3n) is 6.94. The maximum Gasteiger partial charge on any atom is 0.255 e. The fourth-order valence-electron chi connectivity index (χ4n) is 5.64. The van der Waals surface area contributed by atoms with Gasteiger partial charge in [-0.15, -0.1) is 0 Å². The maximum atomic E-state index is 13.3. The zero-order chi connectivity index (χ0) is 18.7. The summed E-state index contributed by atoms with van der Waals surface area (Å²) in [5.41, 5.74) is 2.33. The largest absolute Gasteiger partial charge is 0.375 e. The van der Waals surface area contributed by atoms with Crippen molar-refractivity contribution in [2.75, 3.05) is 31.1 Å². The fraction of sp³-hybridized carbons (Fsp3) is 0.571. The second-order valence-electron chi connectivity index (χ2n) is 8.74. The first kappa shape index (κ1) is 16.7. The third kappa shape index (κ3) is 2.68. The third-order valence-corrected chi connectivity index (χ3v) is 6.94. The monoisotopic (exact) mass is 379 g/mol. The van der Waals surface area contributed by atoms with Gasteiger partial charge in [-0.05, 0) is 24.8 Å². The van der Waals surface area contributed by atoms with Crippen molar-refractivity contribution in [1.82, 2.24) is 19.4 Å². The maximum absolute atomic E-state index is 13.3. The van der Waals surface area contributed by atoms with Gasteiger partial charge < -0.3 is 14.2 Å². The van der Waals surface area contributed by atoms with E-state index in [1.807, 2.05) is 6.20 Å². The lowest BCUT2D eigenvalue weighted by molar-refractivity contribution is 0.0271. The SMILES string of the molecule is O=c1c(CN2C[C@H]3C[C@@H]2CO3)ccc2n1C[C@H]1C[C@@H]2CN(c2cnccn2)C1. The molecule has 6 heterocycles. The van der Waals surface area contributed by atoms with E-state index in [1.165, 1.54) is 5.69 Å². The minimum atomic E-state index is 0.212. The molecule has 2 aromatic heterocycles. The molecular formula is C21H25N5O2. The summed E-state index contributed by atoms with van der Waals surface area (Å²) in [4.78, 5) is 26.7. The van der Waals surface area contributed by atoms with Crippen molar-refractivity contribution in [3.8, 4) is 0 Å². The van der Waals surface area contributed by atoms with Crippen LogP contribution in [0.1, 0.15) is 30.0 Å². The minimum absolute atomic E-state index is 0.212. The second-order valence-corrected chi connectivity index (χ2v) is 8.74. The molecule has 3 fully saturated rings. The molecule has 0 spiro atoms. The fourth-order valence-corrected chi connectivity index (χ4v) is 5.64. The molecule has 6 rings (SSSR count). The number of rotatable bonds is 3. The van der Waals surface area contributed by atoms with Gasteiger partial charge in [0.2, 0.25) is 0 Å². The number of likely N-dealkylation sites (tertiary alicyclic amines) is 1. The Morgan fingerprint density at radius 1 is 1.11 bits per heavy atom. The molecule has 2 aromatic rings. The van der Waals surface area contributed by atoms with Gasteiger partial charge in [0.1, 0.15) is 5.82 Å². The molecule has 0 radical (unpaired) electrons. The van der Waals surface area contributed by atoms with E-state index < -0.39 is 0 Å². The number of aromatic nitrogens is 3. The lowest BCUT2D eigenvalue weighted by Gasteiger charge is -2.43. The Bertz CT molecular complexity index is 946. The molecule has 4 aliphatic heterocycles. The Hall–Kier alpha value is -2.25. The molecule has 0 aliphatic carbocycles. The van der Waals surface area contributed by atoms with E-state index in [0.29, 0.717) is 24.0 Å². The second kappa shape index (κ2) is 6.39. The molecule has 146 valence electrons. The molecule has 7 nitrogen and oxygen atoms in total. The van der Waals surface area contributed by atoms with Crippen LogP contribution in [0.4, 0.5) is 5.82 Å². The van der Waals surface area contributed by atoms with E-state index in [-0.39, 0.29) is 5.56 Å². The summed E-state index contributed by atoms with van der Waals surface area (Å²) < 4.78 is 7.76. The molecule has 3 saturated heterocycles. The van der Waals surface area contributed by atoms with E-state index >= 15 is 0 Å². The number of anilines is 1. The molecule has 0 unspecified atom stereocenters. The highest BCUT2D eigenvalue weighted by Gasteiger charge is 2.40. The van der Waals surface area contributed by atoms with Crippen LogP contribution in [0.2, 0.25) is 0 Å². The van der Waals surface area contributed by atoms with E-state index in [2.05, 4.69) is 36.5 Å². The smallest absolute Gasteiger partial charge is 0.255 e. The van der Waals surface area contributed by atoms with Gasteiger partial charge in [-0.1, -0.05) is 6.07 Å². The van der Waals surface area contributed by atoms with Crippen molar-refractivity contribution < 1.29 is 4.74 Å². The van der Waals surface area contributed by atoms with Gasteiger partial charge in [0.15, 0.2) is 0 Å². The van der Waals surface area contributed by atoms with Crippen molar-refractivity contribution in [3.05, 3.63) is 52.3 Å². The van der Waals surface area contributed by atoms with Crippen molar-refractivity contribution in [2.45, 2.75) is 44.0 Å². The van der Waals surface area contributed by atoms with Gasteiger partial charge >= 0.3 is 0 Å². The van der Waals surface area contributed by atoms with Crippen LogP contribution in [0, 0.1) is 5.92 Å². The highest BCUT2D eigenvalue weighted by Crippen LogP contribution is 2.36.